The van der Waals surface area contributed by atoms with Crippen LogP contribution in [0.3, 0.4) is 0 Å². The van der Waals surface area contributed by atoms with E-state index in [1.807, 2.05) is 41.5 Å². The van der Waals surface area contributed by atoms with Crippen molar-refractivity contribution in [1.82, 2.24) is 4.72 Å². The molecule has 1 rings (SSSR count). The van der Waals surface area contributed by atoms with Crippen LogP contribution in [0.4, 0.5) is 0 Å². The first-order valence-electron chi connectivity index (χ1n) is 7.23. The van der Waals surface area contributed by atoms with Crippen LogP contribution >= 0.6 is 0 Å². The van der Waals surface area contributed by atoms with Crippen LogP contribution in [0.2, 0.25) is 0 Å². The molecule has 0 bridgehead atoms. The van der Waals surface area contributed by atoms with Crippen molar-refractivity contribution >= 4 is 10.0 Å². The molecule has 0 saturated carbocycles. The van der Waals surface area contributed by atoms with Crippen LogP contribution in [0, 0.1) is 34.6 Å². The van der Waals surface area contributed by atoms with Gasteiger partial charge in [-0.2, -0.15) is 0 Å². The summed E-state index contributed by atoms with van der Waals surface area (Å²) in [6.45, 7) is 13.0. The molecule has 21 heavy (non-hydrogen) atoms. The molecule has 0 heterocycles. The van der Waals surface area contributed by atoms with Crippen molar-refractivity contribution < 1.29 is 13.5 Å². The zero-order valence-corrected chi connectivity index (χ0v) is 14.9. The van der Waals surface area contributed by atoms with Crippen molar-refractivity contribution in [1.29, 1.82) is 0 Å². The lowest BCUT2D eigenvalue weighted by atomic mass is 9.95. The van der Waals surface area contributed by atoms with Gasteiger partial charge in [0.1, 0.15) is 0 Å². The molecule has 0 radical (unpaired) electrons. The van der Waals surface area contributed by atoms with Crippen molar-refractivity contribution in [3.63, 3.8) is 0 Å². The van der Waals surface area contributed by atoms with E-state index in [-0.39, 0.29) is 6.54 Å². The Kier molecular flexibility index (Phi) is 5.24. The van der Waals surface area contributed by atoms with E-state index in [9.17, 15) is 13.5 Å². The molecule has 1 unspecified atom stereocenters. The molecule has 0 fully saturated rings. The second-order valence-electron chi connectivity index (χ2n) is 6.13. The Bertz CT molecular complexity index is 617. The Morgan fingerprint density at radius 3 is 1.71 bits per heavy atom. The predicted octanol–water partition coefficient (Wildman–Crippen LogP) is 2.67. The minimum atomic E-state index is -3.64. The van der Waals surface area contributed by atoms with Crippen molar-refractivity contribution in [2.75, 3.05) is 6.54 Å². The Balaban J connectivity index is 3.34. The summed E-state index contributed by atoms with van der Waals surface area (Å²) in [5, 5.41) is 10.00. The second kappa shape index (κ2) is 6.07. The monoisotopic (exact) mass is 313 g/mol. The Hall–Kier alpha value is -0.910. The van der Waals surface area contributed by atoms with Crippen LogP contribution in [0.5, 0.6) is 0 Å². The van der Waals surface area contributed by atoms with Crippen LogP contribution in [-0.2, 0) is 10.0 Å². The summed E-state index contributed by atoms with van der Waals surface area (Å²) < 4.78 is 27.8. The minimum Gasteiger partial charge on any atom is -0.389 e. The lowest BCUT2D eigenvalue weighted by molar-refractivity contribution is 0.0613. The van der Waals surface area contributed by atoms with Gasteiger partial charge in [-0.1, -0.05) is 6.92 Å². The van der Waals surface area contributed by atoms with Crippen LogP contribution in [-0.4, -0.2) is 25.7 Å². The number of hydrogen-bond acceptors (Lipinski definition) is 3. The van der Waals surface area contributed by atoms with E-state index in [0.29, 0.717) is 11.3 Å². The highest BCUT2D eigenvalue weighted by Gasteiger charge is 2.26. The predicted molar refractivity (Wildman–Crippen MR) is 86.2 cm³/mol. The number of nitrogens with one attached hydrogen (secondary N) is 1. The standard InChI is InChI=1S/C16H27NO3S/c1-8-16(7,18)9-17-21(19,20)15-13(5)11(3)10(2)12(4)14(15)6/h17-18H,8-9H2,1-7H3. The maximum Gasteiger partial charge on any atom is 0.241 e. The smallest absolute Gasteiger partial charge is 0.241 e. The second-order valence-corrected chi connectivity index (χ2v) is 7.83. The van der Waals surface area contributed by atoms with Crippen LogP contribution in [0.1, 0.15) is 48.1 Å². The molecule has 0 aromatic heterocycles. The summed E-state index contributed by atoms with van der Waals surface area (Å²) in [4.78, 5) is 0.343. The van der Waals surface area contributed by atoms with E-state index in [0.717, 1.165) is 27.8 Å². The average molecular weight is 313 g/mol. The highest BCUT2D eigenvalue weighted by Crippen LogP contribution is 2.29. The highest BCUT2D eigenvalue weighted by molar-refractivity contribution is 7.89. The molecule has 2 N–H and O–H groups in total. The van der Waals surface area contributed by atoms with Crippen molar-refractivity contribution in [2.24, 2.45) is 0 Å². The zero-order chi connectivity index (χ0) is 16.6. The minimum absolute atomic E-state index is 0.0106. The Labute approximate surface area is 128 Å². The van der Waals surface area contributed by atoms with E-state index < -0.39 is 15.6 Å². The fourth-order valence-corrected chi connectivity index (χ4v) is 4.07. The van der Waals surface area contributed by atoms with Gasteiger partial charge >= 0.3 is 0 Å². The Morgan fingerprint density at radius 2 is 1.33 bits per heavy atom. The molecule has 0 aliphatic carbocycles. The molecule has 0 spiro atoms. The van der Waals surface area contributed by atoms with Gasteiger partial charge < -0.3 is 5.11 Å². The zero-order valence-electron chi connectivity index (χ0n) is 14.1. The molecular formula is C16H27NO3S. The first kappa shape index (κ1) is 18.1. The van der Waals surface area contributed by atoms with Gasteiger partial charge in [-0.15, -0.1) is 0 Å². The summed E-state index contributed by atoms with van der Waals surface area (Å²) in [7, 11) is -3.64. The van der Waals surface area contributed by atoms with Gasteiger partial charge in [0, 0.05) is 6.54 Å². The lowest BCUT2D eigenvalue weighted by Gasteiger charge is -2.23. The number of hydrogen-bond donors (Lipinski definition) is 2. The third-order valence-corrected chi connectivity index (χ3v) is 6.28. The molecule has 120 valence electrons. The first-order chi connectivity index (χ1) is 9.44. The largest absolute Gasteiger partial charge is 0.389 e. The van der Waals surface area contributed by atoms with Crippen molar-refractivity contribution in [2.45, 2.75) is 65.4 Å². The summed E-state index contributed by atoms with van der Waals surface area (Å²) >= 11 is 0. The maximum atomic E-state index is 12.6. The lowest BCUT2D eigenvalue weighted by Crippen LogP contribution is -2.40. The van der Waals surface area contributed by atoms with Gasteiger partial charge in [-0.3, -0.25) is 0 Å². The van der Waals surface area contributed by atoms with Gasteiger partial charge in [0.15, 0.2) is 0 Å². The highest BCUT2D eigenvalue weighted by atomic mass is 32.2. The van der Waals surface area contributed by atoms with E-state index in [4.69, 9.17) is 0 Å². The van der Waals surface area contributed by atoms with Crippen LogP contribution in [0.15, 0.2) is 4.90 Å². The molecule has 1 aromatic rings. The van der Waals surface area contributed by atoms with Gasteiger partial charge in [0.25, 0.3) is 0 Å². The van der Waals surface area contributed by atoms with Crippen LogP contribution < -0.4 is 4.72 Å². The number of sulfonamides is 1. The molecule has 1 atom stereocenters. The average Bonchev–Trinajstić information content (AvgIpc) is 2.41. The molecule has 0 amide bonds. The van der Waals surface area contributed by atoms with Gasteiger partial charge in [0.05, 0.1) is 10.5 Å². The Morgan fingerprint density at radius 1 is 0.952 bits per heavy atom. The number of aliphatic hydroxyl groups is 1. The summed E-state index contributed by atoms with van der Waals surface area (Å²) in [6, 6.07) is 0. The summed E-state index contributed by atoms with van der Waals surface area (Å²) in [6.07, 6.45) is 0.486. The maximum absolute atomic E-state index is 12.6. The summed E-state index contributed by atoms with van der Waals surface area (Å²) in [5.41, 5.74) is 3.65. The summed E-state index contributed by atoms with van der Waals surface area (Å²) in [5.74, 6) is 0. The third kappa shape index (κ3) is 3.65. The molecule has 4 nitrogen and oxygen atoms in total. The molecule has 5 heteroatoms. The molecule has 0 aliphatic heterocycles. The van der Waals surface area contributed by atoms with Crippen molar-refractivity contribution in [3.8, 4) is 0 Å². The molecule has 0 saturated heterocycles. The first-order valence-corrected chi connectivity index (χ1v) is 8.72. The van der Waals surface area contributed by atoms with E-state index in [1.165, 1.54) is 0 Å². The van der Waals surface area contributed by atoms with E-state index in [2.05, 4.69) is 4.72 Å². The van der Waals surface area contributed by atoms with Gasteiger partial charge in [0.2, 0.25) is 10.0 Å². The molecular weight excluding hydrogens is 286 g/mol. The number of rotatable bonds is 5. The molecule has 1 aromatic carbocycles. The quantitative estimate of drug-likeness (QED) is 0.878. The fourth-order valence-electron chi connectivity index (χ4n) is 2.32. The van der Waals surface area contributed by atoms with Crippen LogP contribution in [0.25, 0.3) is 0 Å². The third-order valence-electron chi connectivity index (χ3n) is 4.60. The topological polar surface area (TPSA) is 66.4 Å². The van der Waals surface area contributed by atoms with Gasteiger partial charge in [-0.05, 0) is 75.8 Å². The number of benzene rings is 1. The SMILES string of the molecule is CCC(C)(O)CNS(=O)(=O)c1c(C)c(C)c(C)c(C)c1C. The van der Waals surface area contributed by atoms with Gasteiger partial charge in [-0.25, -0.2) is 13.1 Å². The normalized spacial score (nSPS) is 15.0. The van der Waals surface area contributed by atoms with E-state index >= 15 is 0 Å². The van der Waals surface area contributed by atoms with E-state index in [1.54, 1.807) is 6.92 Å². The fraction of sp³-hybridized carbons (Fsp3) is 0.625. The van der Waals surface area contributed by atoms with Crippen molar-refractivity contribution in [3.05, 3.63) is 27.8 Å². The molecule has 0 aliphatic rings.